The molecule has 0 heterocycles. The van der Waals surface area contributed by atoms with Gasteiger partial charge in [0.2, 0.25) is 0 Å². The first-order valence-electron chi connectivity index (χ1n) is 8.92. The van der Waals surface area contributed by atoms with Crippen LogP contribution in [0.15, 0.2) is 42.5 Å². The fourth-order valence-corrected chi connectivity index (χ4v) is 2.60. The third-order valence-electron chi connectivity index (χ3n) is 4.84. The second-order valence-corrected chi connectivity index (χ2v) is 6.63. The Morgan fingerprint density at radius 2 is 1.69 bits per heavy atom. The van der Waals surface area contributed by atoms with Crippen LogP contribution in [-0.4, -0.2) is 36.3 Å². The number of benzene rings is 2. The van der Waals surface area contributed by atoms with Crippen molar-refractivity contribution in [2.75, 3.05) is 13.7 Å². The first-order valence-corrected chi connectivity index (χ1v) is 8.92. The van der Waals surface area contributed by atoms with E-state index in [9.17, 15) is 9.59 Å². The fraction of sp³-hybridized carbons (Fsp3) is 0.364. The molecule has 0 fully saturated rings. The number of carbonyl (C=O) groups is 2. The van der Waals surface area contributed by atoms with Crippen molar-refractivity contribution in [3.05, 3.63) is 64.7 Å². The van der Waals surface area contributed by atoms with Crippen LogP contribution in [0, 0.1) is 13.8 Å². The molecule has 2 rings (SSSR count). The zero-order valence-electron chi connectivity index (χ0n) is 16.2. The maximum absolute atomic E-state index is 12.7. The van der Waals surface area contributed by atoms with Gasteiger partial charge in [-0.05, 0) is 62.1 Å². The third kappa shape index (κ3) is 4.72. The fourth-order valence-electron chi connectivity index (χ4n) is 2.60. The second kappa shape index (κ2) is 8.65. The molecule has 1 unspecified atom stereocenters. The molecule has 0 aliphatic carbocycles. The van der Waals surface area contributed by atoms with Crippen LogP contribution in [-0.2, 0) is 11.2 Å². The lowest BCUT2D eigenvalue weighted by molar-refractivity contribution is -0.133. The van der Waals surface area contributed by atoms with Crippen molar-refractivity contribution in [3.8, 4) is 5.75 Å². The van der Waals surface area contributed by atoms with Crippen molar-refractivity contribution in [1.82, 2.24) is 4.90 Å². The number of Topliss-reactive ketones (excluding diaryl/α,β-unsaturated/α-hetero) is 1. The van der Waals surface area contributed by atoms with Gasteiger partial charge in [-0.1, -0.05) is 31.2 Å². The van der Waals surface area contributed by atoms with E-state index in [0.717, 1.165) is 17.5 Å². The van der Waals surface area contributed by atoms with Gasteiger partial charge in [0.05, 0.1) is 6.04 Å². The van der Waals surface area contributed by atoms with Crippen LogP contribution in [0.1, 0.15) is 40.9 Å². The molecule has 0 spiro atoms. The van der Waals surface area contributed by atoms with Crippen LogP contribution < -0.4 is 4.74 Å². The summed E-state index contributed by atoms with van der Waals surface area (Å²) >= 11 is 0. The Bertz CT molecular complexity index is 780. The molecule has 4 nitrogen and oxygen atoms in total. The number of likely N-dealkylation sites (N-methyl/N-ethyl adjacent to an activating group) is 1. The van der Waals surface area contributed by atoms with Crippen LogP contribution in [0.3, 0.4) is 0 Å². The van der Waals surface area contributed by atoms with Crippen LogP contribution in [0.5, 0.6) is 5.75 Å². The number of ketones is 1. The molecular formula is C22H27NO3. The Kier molecular flexibility index (Phi) is 6.56. The van der Waals surface area contributed by atoms with Gasteiger partial charge in [0.1, 0.15) is 5.75 Å². The largest absolute Gasteiger partial charge is 0.484 e. The molecule has 138 valence electrons. The van der Waals surface area contributed by atoms with Crippen molar-refractivity contribution in [2.45, 2.75) is 40.2 Å². The van der Waals surface area contributed by atoms with E-state index in [2.05, 4.69) is 6.92 Å². The van der Waals surface area contributed by atoms with Gasteiger partial charge in [-0.3, -0.25) is 9.59 Å². The maximum atomic E-state index is 12.7. The van der Waals surface area contributed by atoms with Gasteiger partial charge in [0.15, 0.2) is 12.4 Å². The predicted octanol–water partition coefficient (Wildman–Crippen LogP) is 3.97. The van der Waals surface area contributed by atoms with Gasteiger partial charge in [-0.25, -0.2) is 0 Å². The average molecular weight is 353 g/mol. The Hall–Kier alpha value is -2.62. The minimum Gasteiger partial charge on any atom is -0.484 e. The van der Waals surface area contributed by atoms with Crippen LogP contribution >= 0.6 is 0 Å². The molecule has 2 aromatic carbocycles. The predicted molar refractivity (Wildman–Crippen MR) is 104 cm³/mol. The zero-order valence-corrected chi connectivity index (χ0v) is 16.2. The number of ether oxygens (including phenoxy) is 1. The number of aryl methyl sites for hydroxylation is 3. The minimum absolute atomic E-state index is 0.0729. The molecule has 0 saturated heterocycles. The number of nitrogens with zero attached hydrogens (tertiary/aromatic N) is 1. The van der Waals surface area contributed by atoms with Crippen molar-refractivity contribution in [3.63, 3.8) is 0 Å². The standard InChI is InChI=1S/C22H27NO3/c1-6-18-8-11-20(12-9-18)26-14-21(24)23(5)17(4)22(25)19-10-7-15(2)16(3)13-19/h7-13,17H,6,14H2,1-5H3. The molecule has 1 amide bonds. The van der Waals surface area contributed by atoms with E-state index >= 15 is 0 Å². The Labute approximate surface area is 155 Å². The number of hydrogen-bond donors (Lipinski definition) is 0. The zero-order chi connectivity index (χ0) is 19.3. The molecule has 4 heteroatoms. The van der Waals surface area contributed by atoms with Crippen molar-refractivity contribution >= 4 is 11.7 Å². The summed E-state index contributed by atoms with van der Waals surface area (Å²) in [6.45, 7) is 7.72. The molecule has 0 saturated carbocycles. The summed E-state index contributed by atoms with van der Waals surface area (Å²) in [6, 6.07) is 12.7. The average Bonchev–Trinajstić information content (AvgIpc) is 2.66. The molecule has 0 radical (unpaired) electrons. The number of rotatable bonds is 7. The monoisotopic (exact) mass is 353 g/mol. The van der Waals surface area contributed by atoms with E-state index in [0.29, 0.717) is 11.3 Å². The summed E-state index contributed by atoms with van der Waals surface area (Å²) < 4.78 is 5.56. The normalized spacial score (nSPS) is 11.7. The van der Waals surface area contributed by atoms with E-state index in [4.69, 9.17) is 4.74 Å². The summed E-state index contributed by atoms with van der Waals surface area (Å²) in [5.41, 5.74) is 4.04. The Balaban J connectivity index is 1.97. The molecule has 2 aromatic rings. The molecule has 0 aliphatic rings. The number of amides is 1. The summed E-state index contributed by atoms with van der Waals surface area (Å²) in [4.78, 5) is 26.5. The molecule has 0 N–H and O–H groups in total. The van der Waals surface area contributed by atoms with Gasteiger partial charge in [-0.15, -0.1) is 0 Å². The molecule has 26 heavy (non-hydrogen) atoms. The van der Waals surface area contributed by atoms with Crippen molar-refractivity contribution in [1.29, 1.82) is 0 Å². The first kappa shape index (κ1) is 19.7. The van der Waals surface area contributed by atoms with Crippen LogP contribution in [0.4, 0.5) is 0 Å². The Morgan fingerprint density at radius 3 is 2.27 bits per heavy atom. The van der Waals surface area contributed by atoms with E-state index in [1.165, 1.54) is 10.5 Å². The topological polar surface area (TPSA) is 46.6 Å². The minimum atomic E-state index is -0.546. The van der Waals surface area contributed by atoms with Crippen LogP contribution in [0.25, 0.3) is 0 Å². The molecule has 0 bridgehead atoms. The summed E-state index contributed by atoms with van der Waals surface area (Å²) in [5, 5.41) is 0. The molecule has 0 aromatic heterocycles. The SMILES string of the molecule is CCc1ccc(OCC(=O)N(C)C(C)C(=O)c2ccc(C)c(C)c2)cc1. The lowest BCUT2D eigenvalue weighted by Gasteiger charge is -2.24. The lowest BCUT2D eigenvalue weighted by Crippen LogP contribution is -2.42. The van der Waals surface area contributed by atoms with Gasteiger partial charge >= 0.3 is 0 Å². The summed E-state index contributed by atoms with van der Waals surface area (Å²) in [7, 11) is 1.63. The third-order valence-corrected chi connectivity index (χ3v) is 4.84. The van der Waals surface area contributed by atoms with Gasteiger partial charge in [0.25, 0.3) is 5.91 Å². The molecule has 1 atom stereocenters. The summed E-state index contributed by atoms with van der Waals surface area (Å²) in [5.74, 6) is 0.350. The van der Waals surface area contributed by atoms with Gasteiger partial charge in [0, 0.05) is 12.6 Å². The highest BCUT2D eigenvalue weighted by molar-refractivity contribution is 6.01. The lowest BCUT2D eigenvalue weighted by atomic mass is 10.00. The quantitative estimate of drug-likeness (QED) is 0.708. The van der Waals surface area contributed by atoms with E-state index in [1.807, 2.05) is 56.3 Å². The van der Waals surface area contributed by atoms with Crippen molar-refractivity contribution in [2.24, 2.45) is 0 Å². The second-order valence-electron chi connectivity index (χ2n) is 6.63. The Morgan fingerprint density at radius 1 is 1.04 bits per heavy atom. The van der Waals surface area contributed by atoms with Crippen molar-refractivity contribution < 1.29 is 14.3 Å². The first-order chi connectivity index (χ1) is 12.3. The van der Waals surface area contributed by atoms with E-state index < -0.39 is 6.04 Å². The highest BCUT2D eigenvalue weighted by Gasteiger charge is 2.24. The van der Waals surface area contributed by atoms with Gasteiger partial charge < -0.3 is 9.64 Å². The van der Waals surface area contributed by atoms with Gasteiger partial charge in [-0.2, -0.15) is 0 Å². The number of hydrogen-bond acceptors (Lipinski definition) is 3. The van der Waals surface area contributed by atoms with Crippen LogP contribution in [0.2, 0.25) is 0 Å². The highest BCUT2D eigenvalue weighted by Crippen LogP contribution is 2.15. The number of carbonyl (C=O) groups excluding carboxylic acids is 2. The highest BCUT2D eigenvalue weighted by atomic mass is 16.5. The van der Waals surface area contributed by atoms with E-state index in [1.54, 1.807) is 14.0 Å². The maximum Gasteiger partial charge on any atom is 0.260 e. The molecule has 0 aliphatic heterocycles. The smallest absolute Gasteiger partial charge is 0.260 e. The summed E-state index contributed by atoms with van der Waals surface area (Å²) in [6.07, 6.45) is 0.958. The van der Waals surface area contributed by atoms with E-state index in [-0.39, 0.29) is 18.3 Å². The molecular weight excluding hydrogens is 326 g/mol.